The second-order valence-electron chi connectivity index (χ2n) is 4.60. The van der Waals surface area contributed by atoms with Gasteiger partial charge in [0.1, 0.15) is 0 Å². The zero-order chi connectivity index (χ0) is 14.1. The van der Waals surface area contributed by atoms with Crippen molar-refractivity contribution in [3.8, 4) is 0 Å². The molecule has 0 amide bonds. The number of alkyl halides is 3. The predicted molar refractivity (Wildman–Crippen MR) is 64.1 cm³/mol. The minimum absolute atomic E-state index is 0.0311. The van der Waals surface area contributed by atoms with Gasteiger partial charge in [-0.25, -0.2) is 0 Å². The monoisotopic (exact) mass is 261 g/mol. The zero-order valence-electron chi connectivity index (χ0n) is 10.7. The highest BCUT2D eigenvalue weighted by Crippen LogP contribution is 2.43. The Hall–Kier alpha value is -1.07. The van der Waals surface area contributed by atoms with Crippen LogP contribution in [-0.4, -0.2) is 17.3 Å². The lowest BCUT2D eigenvalue weighted by atomic mass is 9.82. The summed E-state index contributed by atoms with van der Waals surface area (Å²) in [4.78, 5) is 0. The minimum Gasteiger partial charge on any atom is -0.375 e. The average molecular weight is 261 g/mol. The molecule has 0 heterocycles. The lowest BCUT2D eigenvalue weighted by molar-refractivity contribution is -0.274. The fraction of sp³-hybridized carbons (Fsp3) is 0.538. The molecule has 0 spiro atoms. The van der Waals surface area contributed by atoms with E-state index >= 15 is 0 Å². The molecule has 0 aliphatic heterocycles. The van der Waals surface area contributed by atoms with Crippen LogP contribution in [0.5, 0.6) is 0 Å². The van der Waals surface area contributed by atoms with E-state index in [4.69, 9.17) is 5.73 Å². The van der Waals surface area contributed by atoms with Gasteiger partial charge in [0.15, 0.2) is 0 Å². The van der Waals surface area contributed by atoms with Crippen molar-refractivity contribution in [1.29, 1.82) is 0 Å². The van der Waals surface area contributed by atoms with E-state index in [-0.39, 0.29) is 12.0 Å². The van der Waals surface area contributed by atoms with E-state index in [1.807, 2.05) is 0 Å². The maximum atomic E-state index is 13.2. The SMILES string of the molecule is CCC(N)C(O)(c1ccc(C)cc1C)C(F)(F)F. The van der Waals surface area contributed by atoms with Gasteiger partial charge in [-0.15, -0.1) is 0 Å². The van der Waals surface area contributed by atoms with Gasteiger partial charge in [0.2, 0.25) is 5.60 Å². The minimum atomic E-state index is -4.80. The summed E-state index contributed by atoms with van der Waals surface area (Å²) in [5.74, 6) is 0. The van der Waals surface area contributed by atoms with Crippen LogP contribution in [0.2, 0.25) is 0 Å². The molecule has 0 aromatic heterocycles. The number of nitrogens with two attached hydrogens (primary N) is 1. The first kappa shape index (κ1) is 15.0. The molecule has 3 N–H and O–H groups in total. The predicted octanol–water partition coefficient (Wildman–Crippen LogP) is 2.79. The lowest BCUT2D eigenvalue weighted by Gasteiger charge is -2.36. The van der Waals surface area contributed by atoms with Crippen molar-refractivity contribution in [3.05, 3.63) is 34.9 Å². The van der Waals surface area contributed by atoms with Crippen molar-refractivity contribution in [2.45, 2.75) is 45.0 Å². The van der Waals surface area contributed by atoms with E-state index in [1.54, 1.807) is 26.0 Å². The number of halogens is 3. The van der Waals surface area contributed by atoms with E-state index in [0.29, 0.717) is 5.56 Å². The molecule has 0 bridgehead atoms. The molecular weight excluding hydrogens is 243 g/mol. The molecule has 1 aromatic carbocycles. The Kier molecular flexibility index (Phi) is 4.08. The van der Waals surface area contributed by atoms with E-state index in [1.165, 1.54) is 13.0 Å². The van der Waals surface area contributed by atoms with Crippen LogP contribution in [0.3, 0.4) is 0 Å². The third-order valence-corrected chi connectivity index (χ3v) is 3.20. The molecule has 0 radical (unpaired) electrons. The smallest absolute Gasteiger partial charge is 0.375 e. The largest absolute Gasteiger partial charge is 0.423 e. The van der Waals surface area contributed by atoms with Gasteiger partial charge in [0.05, 0.1) is 0 Å². The summed E-state index contributed by atoms with van der Waals surface area (Å²) in [6, 6.07) is 3.06. The summed E-state index contributed by atoms with van der Waals surface area (Å²) in [5.41, 5.74) is 3.56. The number of aliphatic hydroxyl groups is 1. The lowest BCUT2D eigenvalue weighted by Crippen LogP contribution is -2.55. The third kappa shape index (κ3) is 2.37. The van der Waals surface area contributed by atoms with Gasteiger partial charge in [-0.3, -0.25) is 0 Å². The highest BCUT2D eigenvalue weighted by molar-refractivity contribution is 5.37. The molecular formula is C13H18F3NO. The topological polar surface area (TPSA) is 46.2 Å². The highest BCUT2D eigenvalue weighted by atomic mass is 19.4. The molecule has 0 saturated heterocycles. The van der Waals surface area contributed by atoms with Crippen molar-refractivity contribution in [2.75, 3.05) is 0 Å². The van der Waals surface area contributed by atoms with Crippen LogP contribution >= 0.6 is 0 Å². The maximum Gasteiger partial charge on any atom is 0.423 e. The quantitative estimate of drug-likeness (QED) is 0.878. The Morgan fingerprint density at radius 1 is 1.28 bits per heavy atom. The summed E-state index contributed by atoms with van der Waals surface area (Å²) in [6.07, 6.45) is -4.77. The van der Waals surface area contributed by atoms with Gasteiger partial charge in [-0.05, 0) is 31.4 Å². The van der Waals surface area contributed by atoms with Crippen LogP contribution in [-0.2, 0) is 5.60 Å². The molecule has 0 aliphatic rings. The Morgan fingerprint density at radius 2 is 1.83 bits per heavy atom. The normalized spacial score (nSPS) is 17.3. The number of benzene rings is 1. The third-order valence-electron chi connectivity index (χ3n) is 3.20. The first-order chi connectivity index (χ1) is 8.14. The number of hydrogen-bond acceptors (Lipinski definition) is 2. The molecule has 102 valence electrons. The fourth-order valence-electron chi connectivity index (χ4n) is 2.10. The van der Waals surface area contributed by atoms with Gasteiger partial charge in [0.25, 0.3) is 0 Å². The Labute approximate surface area is 105 Å². The Morgan fingerprint density at radius 3 is 2.22 bits per heavy atom. The van der Waals surface area contributed by atoms with Crippen molar-refractivity contribution in [3.63, 3.8) is 0 Å². The zero-order valence-corrected chi connectivity index (χ0v) is 10.7. The van der Waals surface area contributed by atoms with Crippen molar-refractivity contribution >= 4 is 0 Å². The standard InChI is InChI=1S/C13H18F3NO/c1-4-11(17)12(18,13(14,15)16)10-6-5-8(2)7-9(10)3/h5-7,11,18H,4,17H2,1-3H3. The van der Waals surface area contributed by atoms with Gasteiger partial charge in [-0.2, -0.15) is 13.2 Å². The van der Waals surface area contributed by atoms with Crippen molar-refractivity contribution in [2.24, 2.45) is 5.73 Å². The van der Waals surface area contributed by atoms with Gasteiger partial charge < -0.3 is 10.8 Å². The summed E-state index contributed by atoms with van der Waals surface area (Å²) >= 11 is 0. The number of hydrogen-bond donors (Lipinski definition) is 2. The van der Waals surface area contributed by atoms with Gasteiger partial charge in [0, 0.05) is 6.04 Å². The average Bonchev–Trinajstić information content (AvgIpc) is 2.25. The first-order valence-electron chi connectivity index (χ1n) is 5.77. The summed E-state index contributed by atoms with van der Waals surface area (Å²) in [5, 5.41) is 10.1. The number of rotatable bonds is 3. The molecule has 2 nitrogen and oxygen atoms in total. The molecule has 1 rings (SSSR count). The van der Waals surface area contributed by atoms with Crippen LogP contribution in [0.25, 0.3) is 0 Å². The molecule has 2 unspecified atom stereocenters. The maximum absolute atomic E-state index is 13.2. The number of aryl methyl sites for hydroxylation is 2. The van der Waals surface area contributed by atoms with E-state index in [0.717, 1.165) is 5.56 Å². The molecule has 5 heteroatoms. The molecule has 18 heavy (non-hydrogen) atoms. The van der Waals surface area contributed by atoms with Crippen LogP contribution in [0.4, 0.5) is 13.2 Å². The van der Waals surface area contributed by atoms with E-state index in [2.05, 4.69) is 0 Å². The summed E-state index contributed by atoms with van der Waals surface area (Å²) < 4.78 is 39.5. The van der Waals surface area contributed by atoms with Crippen LogP contribution in [0.15, 0.2) is 18.2 Å². The highest BCUT2D eigenvalue weighted by Gasteiger charge is 2.58. The molecule has 0 aliphatic carbocycles. The Balaban J connectivity index is 3.45. The summed E-state index contributed by atoms with van der Waals surface area (Å²) in [6.45, 7) is 4.84. The van der Waals surface area contributed by atoms with E-state index < -0.39 is 17.8 Å². The van der Waals surface area contributed by atoms with Crippen LogP contribution < -0.4 is 5.73 Å². The molecule has 2 atom stereocenters. The molecule has 1 aromatic rings. The van der Waals surface area contributed by atoms with Crippen molar-refractivity contribution in [1.82, 2.24) is 0 Å². The molecule has 0 fully saturated rings. The molecule has 0 saturated carbocycles. The van der Waals surface area contributed by atoms with Crippen molar-refractivity contribution < 1.29 is 18.3 Å². The fourth-order valence-corrected chi connectivity index (χ4v) is 2.10. The van der Waals surface area contributed by atoms with Gasteiger partial charge >= 0.3 is 6.18 Å². The summed E-state index contributed by atoms with van der Waals surface area (Å²) in [7, 11) is 0. The Bertz CT molecular complexity index is 431. The first-order valence-corrected chi connectivity index (χ1v) is 5.77. The van der Waals surface area contributed by atoms with Crippen LogP contribution in [0, 0.1) is 13.8 Å². The second kappa shape index (κ2) is 4.90. The second-order valence-corrected chi connectivity index (χ2v) is 4.60. The van der Waals surface area contributed by atoms with E-state index in [9.17, 15) is 18.3 Å². The van der Waals surface area contributed by atoms with Gasteiger partial charge in [-0.1, -0.05) is 30.7 Å². The van der Waals surface area contributed by atoms with Crippen LogP contribution in [0.1, 0.15) is 30.0 Å².